The molecule has 0 bridgehead atoms. The Labute approximate surface area is 148 Å². The first-order chi connectivity index (χ1) is 12.1. The lowest BCUT2D eigenvalue weighted by atomic mass is 10.0. The molecule has 1 aromatic heterocycles. The van der Waals surface area contributed by atoms with Crippen LogP contribution in [0.3, 0.4) is 0 Å². The summed E-state index contributed by atoms with van der Waals surface area (Å²) >= 11 is 1.56. The molecule has 6 nitrogen and oxygen atoms in total. The highest BCUT2D eigenvalue weighted by Crippen LogP contribution is 2.34. The number of thiophene rings is 1. The molecular weight excluding hydrogens is 338 g/mol. The number of nitrogens with one attached hydrogen (secondary N) is 1. The van der Waals surface area contributed by atoms with Crippen LogP contribution in [-0.4, -0.2) is 10.8 Å². The summed E-state index contributed by atoms with van der Waals surface area (Å²) in [5.74, 6) is -0.701. The Morgan fingerprint density at radius 3 is 2.48 bits per heavy atom. The summed E-state index contributed by atoms with van der Waals surface area (Å²) < 4.78 is 0. The lowest BCUT2D eigenvalue weighted by Crippen LogP contribution is -2.14. The summed E-state index contributed by atoms with van der Waals surface area (Å²) in [6, 6.07) is 17.5. The molecule has 0 spiro atoms. The monoisotopic (exact) mass is 353 g/mol. The smallest absolute Gasteiger partial charge is 0.293 e. The van der Waals surface area contributed by atoms with Crippen molar-refractivity contribution in [1.29, 1.82) is 0 Å². The van der Waals surface area contributed by atoms with Crippen molar-refractivity contribution in [2.75, 3.05) is 5.32 Å². The summed E-state index contributed by atoms with van der Waals surface area (Å²) in [4.78, 5) is 23.2. The van der Waals surface area contributed by atoms with E-state index in [1.54, 1.807) is 11.3 Å². The Hall–Kier alpha value is -3.19. The van der Waals surface area contributed by atoms with Gasteiger partial charge in [0.2, 0.25) is 5.91 Å². The van der Waals surface area contributed by atoms with Gasteiger partial charge in [0.15, 0.2) is 0 Å². The van der Waals surface area contributed by atoms with Gasteiger partial charge in [-0.3, -0.25) is 14.9 Å². The standard InChI is InChI=1S/C18H15N3O3S/c19-18(22)13-8-9-14(15(11-13)21(23)24)20-17(16-7-4-10-25-16)12-5-2-1-3-6-12/h1-11,17,20H,(H2,19,22)/t17-/m0/s1. The largest absolute Gasteiger partial charge is 0.368 e. The molecular formula is C18H15N3O3S. The first-order valence-corrected chi connectivity index (χ1v) is 8.37. The van der Waals surface area contributed by atoms with Crippen LogP contribution >= 0.6 is 11.3 Å². The van der Waals surface area contributed by atoms with Gasteiger partial charge in [0.25, 0.3) is 5.69 Å². The summed E-state index contributed by atoms with van der Waals surface area (Å²) in [6.07, 6.45) is 0. The number of nitrogens with two attached hydrogens (primary N) is 1. The second-order valence-corrected chi connectivity index (χ2v) is 6.34. The van der Waals surface area contributed by atoms with Crippen molar-refractivity contribution in [3.63, 3.8) is 0 Å². The first-order valence-electron chi connectivity index (χ1n) is 7.49. The van der Waals surface area contributed by atoms with Crippen LogP contribution in [0.1, 0.15) is 26.8 Å². The molecule has 126 valence electrons. The number of amides is 1. The van der Waals surface area contributed by atoms with Gasteiger partial charge in [0.1, 0.15) is 5.69 Å². The second-order valence-electron chi connectivity index (χ2n) is 5.36. The fourth-order valence-corrected chi connectivity index (χ4v) is 3.34. The normalized spacial score (nSPS) is 11.7. The van der Waals surface area contributed by atoms with Crippen LogP contribution in [0, 0.1) is 10.1 Å². The minimum Gasteiger partial charge on any atom is -0.368 e. The molecule has 0 saturated heterocycles. The number of primary amides is 1. The van der Waals surface area contributed by atoms with E-state index in [1.807, 2.05) is 47.8 Å². The number of nitrogens with zero attached hydrogens (tertiary/aromatic N) is 1. The molecule has 3 rings (SSSR count). The zero-order valence-electron chi connectivity index (χ0n) is 13.1. The molecule has 0 saturated carbocycles. The molecule has 1 amide bonds. The molecule has 0 aliphatic carbocycles. The van der Waals surface area contributed by atoms with Crippen LogP contribution in [-0.2, 0) is 0 Å². The zero-order valence-corrected chi connectivity index (χ0v) is 13.9. The number of nitro groups is 1. The van der Waals surface area contributed by atoms with E-state index in [0.29, 0.717) is 5.69 Å². The summed E-state index contributed by atoms with van der Waals surface area (Å²) in [5.41, 5.74) is 6.45. The molecule has 0 radical (unpaired) electrons. The van der Waals surface area contributed by atoms with Gasteiger partial charge < -0.3 is 11.1 Å². The van der Waals surface area contributed by atoms with Crippen molar-refractivity contribution in [1.82, 2.24) is 0 Å². The molecule has 0 unspecified atom stereocenters. The molecule has 7 heteroatoms. The number of rotatable bonds is 6. The number of nitro benzene ring substituents is 1. The highest BCUT2D eigenvalue weighted by molar-refractivity contribution is 7.10. The Bertz CT molecular complexity index is 895. The fourth-order valence-electron chi connectivity index (χ4n) is 2.53. The summed E-state index contributed by atoms with van der Waals surface area (Å²) in [5, 5.41) is 16.6. The zero-order chi connectivity index (χ0) is 17.8. The van der Waals surface area contributed by atoms with Crippen LogP contribution in [0.2, 0.25) is 0 Å². The maximum atomic E-state index is 11.4. The predicted molar refractivity (Wildman–Crippen MR) is 97.8 cm³/mol. The van der Waals surface area contributed by atoms with E-state index in [4.69, 9.17) is 5.73 Å². The Balaban J connectivity index is 2.03. The lowest BCUT2D eigenvalue weighted by Gasteiger charge is -2.19. The minimum atomic E-state index is -0.701. The average Bonchev–Trinajstić information content (AvgIpc) is 3.14. The molecule has 2 aromatic carbocycles. The van der Waals surface area contributed by atoms with E-state index >= 15 is 0 Å². The van der Waals surface area contributed by atoms with E-state index in [9.17, 15) is 14.9 Å². The van der Waals surface area contributed by atoms with E-state index in [1.165, 1.54) is 18.2 Å². The Kier molecular flexibility index (Phi) is 4.76. The second kappa shape index (κ2) is 7.14. The number of hydrogen-bond acceptors (Lipinski definition) is 5. The number of hydrogen-bond donors (Lipinski definition) is 2. The van der Waals surface area contributed by atoms with Crippen molar-refractivity contribution >= 4 is 28.6 Å². The van der Waals surface area contributed by atoms with Crippen molar-refractivity contribution in [3.05, 3.63) is 92.2 Å². The van der Waals surface area contributed by atoms with Crippen LogP contribution in [0.4, 0.5) is 11.4 Å². The number of carbonyl (C=O) groups is 1. The van der Waals surface area contributed by atoms with Crippen molar-refractivity contribution in [2.45, 2.75) is 6.04 Å². The molecule has 0 fully saturated rings. The third-order valence-electron chi connectivity index (χ3n) is 3.74. The topological polar surface area (TPSA) is 98.3 Å². The number of anilines is 1. The SMILES string of the molecule is NC(=O)c1ccc(N[C@@H](c2ccccc2)c2cccs2)c([N+](=O)[O-])c1. The highest BCUT2D eigenvalue weighted by atomic mass is 32.1. The third-order valence-corrected chi connectivity index (χ3v) is 4.68. The number of carbonyl (C=O) groups excluding carboxylic acids is 1. The van der Waals surface area contributed by atoms with E-state index in [2.05, 4.69) is 5.32 Å². The Morgan fingerprint density at radius 2 is 1.88 bits per heavy atom. The highest BCUT2D eigenvalue weighted by Gasteiger charge is 2.21. The average molecular weight is 353 g/mol. The predicted octanol–water partition coefficient (Wildman–Crippen LogP) is 3.96. The van der Waals surface area contributed by atoms with Gasteiger partial charge in [-0.1, -0.05) is 36.4 Å². The van der Waals surface area contributed by atoms with Gasteiger partial charge in [0.05, 0.1) is 11.0 Å². The third kappa shape index (κ3) is 3.67. The number of benzene rings is 2. The molecule has 3 N–H and O–H groups in total. The van der Waals surface area contributed by atoms with Gasteiger partial charge in [-0.15, -0.1) is 11.3 Å². The summed E-state index contributed by atoms with van der Waals surface area (Å²) in [6.45, 7) is 0. The van der Waals surface area contributed by atoms with Crippen LogP contribution < -0.4 is 11.1 Å². The summed E-state index contributed by atoms with van der Waals surface area (Å²) in [7, 11) is 0. The maximum absolute atomic E-state index is 11.4. The van der Waals surface area contributed by atoms with Crippen molar-refractivity contribution in [2.24, 2.45) is 5.73 Å². The fraction of sp³-hybridized carbons (Fsp3) is 0.0556. The minimum absolute atomic E-state index is 0.102. The molecule has 25 heavy (non-hydrogen) atoms. The molecule has 0 aliphatic rings. The van der Waals surface area contributed by atoms with Crippen molar-refractivity contribution in [3.8, 4) is 0 Å². The van der Waals surface area contributed by atoms with Crippen LogP contribution in [0.15, 0.2) is 66.0 Å². The van der Waals surface area contributed by atoms with E-state index < -0.39 is 10.8 Å². The van der Waals surface area contributed by atoms with Gasteiger partial charge in [-0.25, -0.2) is 0 Å². The quantitative estimate of drug-likeness (QED) is 0.518. The van der Waals surface area contributed by atoms with Gasteiger partial charge in [-0.05, 0) is 29.1 Å². The van der Waals surface area contributed by atoms with E-state index in [-0.39, 0.29) is 17.3 Å². The van der Waals surface area contributed by atoms with Gasteiger partial charge >= 0.3 is 0 Å². The Morgan fingerprint density at radius 1 is 1.12 bits per heavy atom. The van der Waals surface area contributed by atoms with E-state index in [0.717, 1.165) is 10.4 Å². The van der Waals surface area contributed by atoms with Crippen LogP contribution in [0.25, 0.3) is 0 Å². The molecule has 0 aliphatic heterocycles. The molecule has 1 atom stereocenters. The molecule has 1 heterocycles. The van der Waals surface area contributed by atoms with Gasteiger partial charge in [-0.2, -0.15) is 0 Å². The lowest BCUT2D eigenvalue weighted by molar-refractivity contribution is -0.384. The first kappa shape index (κ1) is 16.7. The molecule has 3 aromatic rings. The van der Waals surface area contributed by atoms with Gasteiger partial charge in [0, 0.05) is 16.5 Å². The maximum Gasteiger partial charge on any atom is 0.293 e. The van der Waals surface area contributed by atoms with Crippen LogP contribution in [0.5, 0.6) is 0 Å². The van der Waals surface area contributed by atoms with Crippen molar-refractivity contribution < 1.29 is 9.72 Å².